The van der Waals surface area contributed by atoms with Gasteiger partial charge in [0.1, 0.15) is 0 Å². The van der Waals surface area contributed by atoms with E-state index in [0.717, 1.165) is 32.6 Å². The highest BCUT2D eigenvalue weighted by molar-refractivity contribution is 5.87. The van der Waals surface area contributed by atoms with E-state index >= 15 is 0 Å². The molecule has 4 nitrogen and oxygen atoms in total. The van der Waals surface area contributed by atoms with Crippen molar-refractivity contribution in [1.82, 2.24) is 10.2 Å². The lowest BCUT2D eigenvalue weighted by Crippen LogP contribution is -2.34. The monoisotopic (exact) mass is 250 g/mol. The molecule has 1 amide bonds. The van der Waals surface area contributed by atoms with Crippen LogP contribution in [0, 0.1) is 18.3 Å². The fraction of sp³-hybridized carbons (Fsp3) is 0.643. The average Bonchev–Trinajstić information content (AvgIpc) is 2.80. The standard InChI is InChI=1S/C14H22N2O2/c1-4-13(10-12-7-9-18-11-12)15-14(17)6-5-8-16(2)3/h1,5-6,12-13H,7-11H2,2-3H3,(H,15,17)/b6-5+. The smallest absolute Gasteiger partial charge is 0.244 e. The molecule has 0 aromatic carbocycles. The van der Waals surface area contributed by atoms with E-state index in [4.69, 9.17) is 11.2 Å². The summed E-state index contributed by atoms with van der Waals surface area (Å²) in [4.78, 5) is 13.6. The molecule has 1 heterocycles. The van der Waals surface area contributed by atoms with Crippen molar-refractivity contribution in [2.45, 2.75) is 18.9 Å². The van der Waals surface area contributed by atoms with Gasteiger partial charge in [-0.05, 0) is 32.9 Å². The molecule has 1 rings (SSSR count). The zero-order valence-corrected chi connectivity index (χ0v) is 11.2. The third kappa shape index (κ3) is 5.85. The van der Waals surface area contributed by atoms with Crippen LogP contribution >= 0.6 is 0 Å². The summed E-state index contributed by atoms with van der Waals surface area (Å²) >= 11 is 0. The Kier molecular flexibility index (Phi) is 6.48. The van der Waals surface area contributed by atoms with Gasteiger partial charge in [-0.15, -0.1) is 6.42 Å². The Morgan fingerprint density at radius 2 is 2.44 bits per heavy atom. The Morgan fingerprint density at radius 1 is 1.67 bits per heavy atom. The molecule has 2 atom stereocenters. The van der Waals surface area contributed by atoms with Crippen LogP contribution in [0.3, 0.4) is 0 Å². The quantitative estimate of drug-likeness (QED) is 0.556. The van der Waals surface area contributed by atoms with Crippen LogP contribution in [-0.4, -0.2) is 50.7 Å². The number of ether oxygens (including phenoxy) is 1. The number of nitrogens with zero attached hydrogens (tertiary/aromatic N) is 1. The maximum atomic E-state index is 11.6. The van der Waals surface area contributed by atoms with Gasteiger partial charge in [-0.2, -0.15) is 0 Å². The second-order valence-electron chi connectivity index (χ2n) is 4.86. The van der Waals surface area contributed by atoms with E-state index in [-0.39, 0.29) is 11.9 Å². The van der Waals surface area contributed by atoms with Gasteiger partial charge < -0.3 is 15.0 Å². The Bertz CT molecular complexity index is 325. The number of hydrogen-bond acceptors (Lipinski definition) is 3. The first-order valence-corrected chi connectivity index (χ1v) is 6.27. The summed E-state index contributed by atoms with van der Waals surface area (Å²) in [6, 6.07) is -0.201. The van der Waals surface area contributed by atoms with E-state index < -0.39 is 0 Å². The highest BCUT2D eigenvalue weighted by Crippen LogP contribution is 2.17. The number of carbonyl (C=O) groups excluding carboxylic acids is 1. The molecule has 0 saturated carbocycles. The van der Waals surface area contributed by atoms with Crippen molar-refractivity contribution in [3.8, 4) is 12.3 Å². The zero-order chi connectivity index (χ0) is 13.4. The lowest BCUT2D eigenvalue weighted by molar-refractivity contribution is -0.116. The number of nitrogens with one attached hydrogen (secondary N) is 1. The molecule has 18 heavy (non-hydrogen) atoms. The molecule has 1 N–H and O–H groups in total. The van der Waals surface area contributed by atoms with E-state index in [1.165, 1.54) is 6.08 Å². The number of terminal acetylenes is 1. The molecule has 1 aliphatic rings. The maximum absolute atomic E-state index is 11.6. The van der Waals surface area contributed by atoms with Gasteiger partial charge in [-0.25, -0.2) is 0 Å². The molecule has 100 valence electrons. The van der Waals surface area contributed by atoms with E-state index in [2.05, 4.69) is 11.2 Å². The van der Waals surface area contributed by atoms with Crippen LogP contribution in [0.25, 0.3) is 0 Å². The van der Waals surface area contributed by atoms with Gasteiger partial charge in [0.05, 0.1) is 6.04 Å². The molecule has 1 aliphatic heterocycles. The van der Waals surface area contributed by atoms with Gasteiger partial charge in [0.15, 0.2) is 0 Å². The molecule has 0 aromatic rings. The lowest BCUT2D eigenvalue weighted by atomic mass is 9.99. The summed E-state index contributed by atoms with van der Waals surface area (Å²) in [6.07, 6.45) is 10.6. The van der Waals surface area contributed by atoms with Gasteiger partial charge >= 0.3 is 0 Å². The molecule has 0 spiro atoms. The molecular formula is C14H22N2O2. The van der Waals surface area contributed by atoms with E-state index in [9.17, 15) is 4.79 Å². The van der Waals surface area contributed by atoms with Crippen molar-refractivity contribution < 1.29 is 9.53 Å². The predicted octanol–water partition coefficient (Wildman–Crippen LogP) is 0.649. The summed E-state index contributed by atoms with van der Waals surface area (Å²) in [7, 11) is 3.90. The third-order valence-corrected chi connectivity index (χ3v) is 2.85. The molecule has 2 unspecified atom stereocenters. The minimum absolute atomic E-state index is 0.126. The fourth-order valence-corrected chi connectivity index (χ4v) is 1.86. The summed E-state index contributed by atoms with van der Waals surface area (Å²) in [5.74, 6) is 2.97. The molecule has 0 radical (unpaired) electrons. The summed E-state index contributed by atoms with van der Waals surface area (Å²) in [5.41, 5.74) is 0. The highest BCUT2D eigenvalue weighted by Gasteiger charge is 2.20. The van der Waals surface area contributed by atoms with Crippen LogP contribution in [0.5, 0.6) is 0 Å². The second-order valence-corrected chi connectivity index (χ2v) is 4.86. The van der Waals surface area contributed by atoms with Crippen LogP contribution in [-0.2, 0) is 9.53 Å². The minimum atomic E-state index is -0.201. The molecule has 0 bridgehead atoms. The van der Waals surface area contributed by atoms with Crippen LogP contribution in [0.2, 0.25) is 0 Å². The van der Waals surface area contributed by atoms with Crippen molar-refractivity contribution in [1.29, 1.82) is 0 Å². The number of amides is 1. The number of hydrogen-bond donors (Lipinski definition) is 1. The van der Waals surface area contributed by atoms with Crippen LogP contribution in [0.4, 0.5) is 0 Å². The van der Waals surface area contributed by atoms with Gasteiger partial charge in [-0.1, -0.05) is 12.0 Å². The van der Waals surface area contributed by atoms with Crippen LogP contribution in [0.15, 0.2) is 12.2 Å². The van der Waals surface area contributed by atoms with Crippen molar-refractivity contribution >= 4 is 5.91 Å². The van der Waals surface area contributed by atoms with Crippen molar-refractivity contribution in [2.24, 2.45) is 5.92 Å². The van der Waals surface area contributed by atoms with Crippen LogP contribution < -0.4 is 5.32 Å². The molecule has 1 saturated heterocycles. The Morgan fingerprint density at radius 3 is 3.00 bits per heavy atom. The average molecular weight is 250 g/mol. The number of carbonyl (C=O) groups is 1. The number of likely N-dealkylation sites (N-methyl/N-ethyl adjacent to an activating group) is 1. The van der Waals surface area contributed by atoms with Crippen LogP contribution in [0.1, 0.15) is 12.8 Å². The summed E-state index contributed by atoms with van der Waals surface area (Å²) < 4.78 is 5.30. The zero-order valence-electron chi connectivity index (χ0n) is 11.2. The van der Waals surface area contributed by atoms with E-state index in [0.29, 0.717) is 5.92 Å². The largest absolute Gasteiger partial charge is 0.381 e. The third-order valence-electron chi connectivity index (χ3n) is 2.85. The van der Waals surface area contributed by atoms with E-state index in [1.54, 1.807) is 0 Å². The summed E-state index contributed by atoms with van der Waals surface area (Å²) in [5, 5.41) is 2.83. The fourth-order valence-electron chi connectivity index (χ4n) is 1.86. The van der Waals surface area contributed by atoms with Crippen molar-refractivity contribution in [3.05, 3.63) is 12.2 Å². The highest BCUT2D eigenvalue weighted by atomic mass is 16.5. The topological polar surface area (TPSA) is 41.6 Å². The van der Waals surface area contributed by atoms with Crippen molar-refractivity contribution in [3.63, 3.8) is 0 Å². The van der Waals surface area contributed by atoms with Gasteiger partial charge in [0.2, 0.25) is 5.91 Å². The molecule has 4 heteroatoms. The molecule has 0 aromatic heterocycles. The summed E-state index contributed by atoms with van der Waals surface area (Å²) in [6.45, 7) is 2.30. The Labute approximate surface area is 109 Å². The SMILES string of the molecule is C#CC(CC1CCOC1)NC(=O)/C=C/CN(C)C. The molecule has 0 aliphatic carbocycles. The second kappa shape index (κ2) is 7.91. The normalized spacial score (nSPS) is 21.1. The van der Waals surface area contributed by atoms with Gasteiger partial charge in [0, 0.05) is 25.8 Å². The first-order valence-electron chi connectivity index (χ1n) is 6.27. The Hall–Kier alpha value is -1.31. The first kappa shape index (κ1) is 14.7. The minimum Gasteiger partial charge on any atom is -0.381 e. The van der Waals surface area contributed by atoms with Crippen molar-refractivity contribution in [2.75, 3.05) is 33.9 Å². The first-order chi connectivity index (χ1) is 8.61. The maximum Gasteiger partial charge on any atom is 0.244 e. The number of rotatable bonds is 6. The lowest BCUT2D eigenvalue weighted by Gasteiger charge is -2.15. The van der Waals surface area contributed by atoms with Gasteiger partial charge in [0.25, 0.3) is 0 Å². The van der Waals surface area contributed by atoms with E-state index in [1.807, 2.05) is 25.1 Å². The van der Waals surface area contributed by atoms with Gasteiger partial charge in [-0.3, -0.25) is 4.79 Å². The predicted molar refractivity (Wildman–Crippen MR) is 72.0 cm³/mol. The molecule has 1 fully saturated rings. The Balaban J connectivity index is 2.31. The molecular weight excluding hydrogens is 228 g/mol.